The number of halogens is 1. The number of amides is 1. The van der Waals surface area contributed by atoms with Crippen molar-refractivity contribution >= 4 is 34.7 Å². The molecule has 1 aliphatic rings. The van der Waals surface area contributed by atoms with Crippen LogP contribution in [-0.4, -0.2) is 50.1 Å². The Kier molecular flexibility index (Phi) is 6.97. The van der Waals surface area contributed by atoms with Crippen molar-refractivity contribution in [2.75, 3.05) is 18.5 Å². The predicted molar refractivity (Wildman–Crippen MR) is 140 cm³/mol. The van der Waals surface area contributed by atoms with Gasteiger partial charge < -0.3 is 15.4 Å². The molecule has 0 aliphatic carbocycles. The second-order valence-corrected chi connectivity index (χ2v) is 10.1. The van der Waals surface area contributed by atoms with Crippen LogP contribution in [0.1, 0.15) is 36.9 Å². The normalized spacial score (nSPS) is 16.9. The standard InChI is InChI=1S/C26H26ClN5O2S/c1-16(34)31-23-13-18(8-9-28-23)22-14-21(25(35-22)26-29-10-11-30-26)24(17-4-6-19(27)7-5-17)32-12-2-3-20(32)15-33/h4-11,13-14,20,24,33H,2-3,12,15H2,1H3,(H,29,30)(H,28,31,34)/t20-,24?/m1/s1. The second-order valence-electron chi connectivity index (χ2n) is 8.61. The largest absolute Gasteiger partial charge is 0.395 e. The third-order valence-corrected chi connectivity index (χ3v) is 7.73. The molecule has 4 heterocycles. The lowest BCUT2D eigenvalue weighted by Crippen LogP contribution is -2.36. The number of hydrogen-bond donors (Lipinski definition) is 3. The van der Waals surface area contributed by atoms with Crippen molar-refractivity contribution < 1.29 is 9.90 Å². The summed E-state index contributed by atoms with van der Waals surface area (Å²) in [4.78, 5) is 28.1. The van der Waals surface area contributed by atoms with E-state index >= 15 is 0 Å². The minimum absolute atomic E-state index is 0.0753. The van der Waals surface area contributed by atoms with Crippen molar-refractivity contribution in [1.29, 1.82) is 0 Å². The number of anilines is 1. The minimum atomic E-state index is -0.162. The van der Waals surface area contributed by atoms with Gasteiger partial charge in [0, 0.05) is 41.5 Å². The fourth-order valence-electron chi connectivity index (χ4n) is 4.75. The highest BCUT2D eigenvalue weighted by molar-refractivity contribution is 7.19. The molecule has 1 aliphatic heterocycles. The molecule has 180 valence electrons. The Balaban J connectivity index is 1.66. The number of rotatable bonds is 7. The number of aliphatic hydroxyl groups excluding tert-OH is 1. The highest BCUT2D eigenvalue weighted by Crippen LogP contribution is 2.45. The molecule has 0 bridgehead atoms. The molecule has 0 saturated carbocycles. The second kappa shape index (κ2) is 10.3. The number of aliphatic hydroxyl groups is 1. The van der Waals surface area contributed by atoms with Crippen LogP contribution in [0.4, 0.5) is 5.82 Å². The van der Waals surface area contributed by atoms with E-state index in [1.807, 2.05) is 30.5 Å². The minimum Gasteiger partial charge on any atom is -0.395 e. The number of carbonyl (C=O) groups excluding carboxylic acids is 1. The van der Waals surface area contributed by atoms with Gasteiger partial charge in [-0.3, -0.25) is 9.69 Å². The van der Waals surface area contributed by atoms with Crippen LogP contribution < -0.4 is 5.32 Å². The average molecular weight is 508 g/mol. The highest BCUT2D eigenvalue weighted by atomic mass is 35.5. The quantitative estimate of drug-likeness (QED) is 0.313. The van der Waals surface area contributed by atoms with Gasteiger partial charge in [0.1, 0.15) is 11.6 Å². The molecule has 7 nitrogen and oxygen atoms in total. The van der Waals surface area contributed by atoms with Crippen LogP contribution in [0.25, 0.3) is 21.1 Å². The number of aromatic nitrogens is 3. The first-order valence-electron chi connectivity index (χ1n) is 11.5. The van der Waals surface area contributed by atoms with Crippen LogP contribution in [0, 0.1) is 0 Å². The van der Waals surface area contributed by atoms with Crippen molar-refractivity contribution in [3.63, 3.8) is 0 Å². The topological polar surface area (TPSA) is 94.1 Å². The number of benzene rings is 1. The molecule has 35 heavy (non-hydrogen) atoms. The van der Waals surface area contributed by atoms with Gasteiger partial charge in [-0.2, -0.15) is 0 Å². The Morgan fingerprint density at radius 2 is 2.09 bits per heavy atom. The number of carbonyl (C=O) groups is 1. The van der Waals surface area contributed by atoms with Crippen molar-refractivity contribution in [3.8, 4) is 21.1 Å². The Labute approximate surface area is 212 Å². The number of hydrogen-bond acceptors (Lipinski definition) is 6. The summed E-state index contributed by atoms with van der Waals surface area (Å²) in [5, 5.41) is 13.6. The number of likely N-dealkylation sites (tertiary alicyclic amines) is 1. The van der Waals surface area contributed by atoms with E-state index in [1.165, 1.54) is 6.92 Å². The van der Waals surface area contributed by atoms with E-state index < -0.39 is 0 Å². The Morgan fingerprint density at radius 3 is 2.80 bits per heavy atom. The first kappa shape index (κ1) is 23.7. The van der Waals surface area contributed by atoms with Gasteiger partial charge >= 0.3 is 0 Å². The molecular weight excluding hydrogens is 482 g/mol. The molecule has 0 spiro atoms. The van der Waals surface area contributed by atoms with E-state index in [0.29, 0.717) is 10.8 Å². The maximum absolute atomic E-state index is 11.6. The monoisotopic (exact) mass is 507 g/mol. The summed E-state index contributed by atoms with van der Waals surface area (Å²) >= 11 is 7.87. The lowest BCUT2D eigenvalue weighted by Gasteiger charge is -2.33. The molecule has 5 rings (SSSR count). The van der Waals surface area contributed by atoms with E-state index in [9.17, 15) is 9.90 Å². The van der Waals surface area contributed by atoms with E-state index in [2.05, 4.69) is 43.4 Å². The van der Waals surface area contributed by atoms with Gasteiger partial charge in [0.15, 0.2) is 0 Å². The molecular formula is C26H26ClN5O2S. The van der Waals surface area contributed by atoms with E-state index in [1.54, 1.807) is 23.7 Å². The van der Waals surface area contributed by atoms with Gasteiger partial charge in [0.05, 0.1) is 17.5 Å². The molecule has 2 atom stereocenters. The summed E-state index contributed by atoms with van der Waals surface area (Å²) < 4.78 is 0. The van der Waals surface area contributed by atoms with Crippen LogP contribution in [0.3, 0.4) is 0 Å². The molecule has 1 unspecified atom stereocenters. The molecule has 3 aromatic heterocycles. The van der Waals surface area contributed by atoms with Crippen LogP contribution in [0.15, 0.2) is 61.1 Å². The molecule has 1 saturated heterocycles. The first-order valence-corrected chi connectivity index (χ1v) is 12.7. The number of nitrogens with one attached hydrogen (secondary N) is 2. The first-order chi connectivity index (χ1) is 17.0. The lowest BCUT2D eigenvalue weighted by atomic mass is 9.95. The molecule has 1 amide bonds. The number of nitrogens with zero attached hydrogens (tertiary/aromatic N) is 3. The summed E-state index contributed by atoms with van der Waals surface area (Å²) in [6.45, 7) is 2.47. The molecule has 1 aromatic carbocycles. The van der Waals surface area contributed by atoms with Crippen molar-refractivity contribution in [2.45, 2.75) is 31.8 Å². The number of aromatic amines is 1. The van der Waals surface area contributed by atoms with Crippen molar-refractivity contribution in [3.05, 3.63) is 77.2 Å². The average Bonchev–Trinajstić information content (AvgIpc) is 3.61. The van der Waals surface area contributed by atoms with Crippen molar-refractivity contribution in [1.82, 2.24) is 19.9 Å². The lowest BCUT2D eigenvalue weighted by molar-refractivity contribution is -0.114. The van der Waals surface area contributed by atoms with Gasteiger partial charge in [0.2, 0.25) is 5.91 Å². The number of pyridine rings is 1. The Hall–Kier alpha value is -3.04. The maximum atomic E-state index is 11.6. The van der Waals surface area contributed by atoms with E-state index in [0.717, 1.165) is 51.7 Å². The summed E-state index contributed by atoms with van der Waals surface area (Å²) in [5.74, 6) is 1.15. The Morgan fingerprint density at radius 1 is 1.26 bits per heavy atom. The predicted octanol–water partition coefficient (Wildman–Crippen LogP) is 5.36. The zero-order chi connectivity index (χ0) is 24.4. The summed E-state index contributed by atoms with van der Waals surface area (Å²) in [6.07, 6.45) is 7.27. The molecule has 1 fully saturated rings. The summed E-state index contributed by atoms with van der Waals surface area (Å²) in [5.41, 5.74) is 3.18. The SMILES string of the molecule is CC(=O)Nc1cc(-c2cc(C(c3ccc(Cl)cc3)N3CCC[C@@H]3CO)c(-c3ncc[nH]3)s2)ccn1. The molecule has 4 aromatic rings. The Bertz CT molecular complexity index is 1310. The molecule has 3 N–H and O–H groups in total. The van der Waals surface area contributed by atoms with E-state index in [-0.39, 0.29) is 24.6 Å². The van der Waals surface area contributed by atoms with Crippen LogP contribution in [0.2, 0.25) is 5.02 Å². The van der Waals surface area contributed by atoms with Gasteiger partial charge in [-0.25, -0.2) is 9.97 Å². The fraction of sp³-hybridized carbons (Fsp3) is 0.269. The third kappa shape index (κ3) is 5.01. The maximum Gasteiger partial charge on any atom is 0.222 e. The summed E-state index contributed by atoms with van der Waals surface area (Å²) in [7, 11) is 0. The fourth-order valence-corrected chi connectivity index (χ4v) is 6.02. The number of H-pyrrole nitrogens is 1. The highest BCUT2D eigenvalue weighted by Gasteiger charge is 2.35. The van der Waals surface area contributed by atoms with Gasteiger partial charge in [-0.05, 0) is 66.4 Å². The summed E-state index contributed by atoms with van der Waals surface area (Å²) in [6, 6.07) is 14.0. The molecule has 9 heteroatoms. The number of thiophene rings is 1. The zero-order valence-electron chi connectivity index (χ0n) is 19.2. The third-order valence-electron chi connectivity index (χ3n) is 6.27. The van der Waals surface area contributed by atoms with Crippen LogP contribution in [-0.2, 0) is 4.79 Å². The van der Waals surface area contributed by atoms with Gasteiger partial charge in [-0.15, -0.1) is 11.3 Å². The van der Waals surface area contributed by atoms with Crippen molar-refractivity contribution in [2.24, 2.45) is 0 Å². The number of imidazole rings is 1. The van der Waals surface area contributed by atoms with E-state index in [4.69, 9.17) is 11.6 Å². The van der Waals surface area contributed by atoms with Gasteiger partial charge in [-0.1, -0.05) is 23.7 Å². The zero-order valence-corrected chi connectivity index (χ0v) is 20.8. The van der Waals surface area contributed by atoms with Crippen LogP contribution in [0.5, 0.6) is 0 Å². The molecule has 0 radical (unpaired) electrons. The van der Waals surface area contributed by atoms with Gasteiger partial charge in [0.25, 0.3) is 0 Å². The smallest absolute Gasteiger partial charge is 0.222 e. The van der Waals surface area contributed by atoms with Crippen LogP contribution >= 0.6 is 22.9 Å².